The molecular formula is C84H110F4N6O18S2. The Hall–Kier alpha value is -8.28. The number of hydrogen-bond acceptors (Lipinski definition) is 20. The Balaban J connectivity index is 0.000000225. The van der Waals surface area contributed by atoms with E-state index in [1.807, 2.05) is 64.1 Å². The number of alkyl halides is 4. The van der Waals surface area contributed by atoms with Crippen LogP contribution in [0, 0.1) is 58.2 Å². The fourth-order valence-corrected chi connectivity index (χ4v) is 19.5. The summed E-state index contributed by atoms with van der Waals surface area (Å²) >= 11 is 0. The summed E-state index contributed by atoms with van der Waals surface area (Å²) in [6.45, 7) is 15.4. The number of amides is 4. The van der Waals surface area contributed by atoms with Gasteiger partial charge in [0.05, 0.1) is 84.4 Å². The number of esters is 2. The highest BCUT2D eigenvalue weighted by Gasteiger charge is 2.65. The molecule has 2 saturated heterocycles. The number of nitrogens with one attached hydrogen (secondary N) is 2. The van der Waals surface area contributed by atoms with Crippen LogP contribution in [0.15, 0.2) is 85.2 Å². The van der Waals surface area contributed by atoms with E-state index in [0.717, 1.165) is 51.3 Å². The Kier molecular flexibility index (Phi) is 25.9. The smallest absolute Gasteiger partial charge is 0.307 e. The second-order valence-electron chi connectivity index (χ2n) is 34.8. The predicted octanol–water partition coefficient (Wildman–Crippen LogP) is 13.1. The molecule has 4 aromatic rings. The number of carbonyl (C=O) groups excluding carboxylic acids is 8. The quantitative estimate of drug-likeness (QED) is 0.0419. The van der Waals surface area contributed by atoms with Crippen LogP contribution in [0.25, 0.3) is 21.5 Å². The average molecular weight is 1630 g/mol. The molecule has 14 atom stereocenters. The SMILES string of the molecule is CC[C@@H]1C[C@@H](C)CC/C=C\[C@@H]2C[C@@]2(C(=O)NS(=O)(=O)C2(C)CC2)CC(=O)[C@@H]2C[C@@H](Oc3nccc4cc(OC)ccc34)CN2C(=O)[C@H]1CC(=O)OC(C)(C)C(F)F.CC[C@@H]1C[C@H](C)CC/C=C\[C@@H]2C[C@@]2(C(=O)NS(=O)(=O)C2(C)CC2)CC(=O)[C@@H]2C[C@@H](Oc3nccc4cc(OC)ccc34)CN2C(=O)[C@H]1CC(=O)OC(C)(C)C(F)F. The molecule has 30 heteroatoms. The number of sulfonamides is 2. The van der Waals surface area contributed by atoms with Gasteiger partial charge in [-0.1, -0.05) is 64.8 Å². The molecular weight excluding hydrogens is 1520 g/mol. The number of nitrogens with zero attached hydrogens (tertiary/aromatic N) is 4. The highest BCUT2D eigenvalue weighted by Crippen LogP contribution is 2.59. The fourth-order valence-electron chi connectivity index (χ4n) is 16.8. The minimum Gasteiger partial charge on any atom is -0.497 e. The molecule has 0 unspecified atom stereocenters. The Morgan fingerprint density at radius 1 is 0.570 bits per heavy atom. The first kappa shape index (κ1) is 86.6. The molecule has 4 aliphatic carbocycles. The number of ether oxygens (including phenoxy) is 6. The van der Waals surface area contributed by atoms with Crippen LogP contribution < -0.4 is 28.4 Å². The lowest BCUT2D eigenvalue weighted by Crippen LogP contribution is -2.48. The van der Waals surface area contributed by atoms with Crippen molar-refractivity contribution < 1.29 is 101 Å². The standard InChI is InChI=1S/2C42H55F2N3O9S/c2*1-7-26-18-25(2)10-8-9-11-28-22-42(28,39(51)46-57(52,53)41(5)15-16-41)23-34(48)33-20-30(55-36-31-13-12-29(54-6)19-27(31)14-17-45-36)24-47(33)37(50)32(26)21-35(49)56-40(3,4)38(43)44/h2*9,11-14,17,19,25-26,28,30,32-33,38H,7-8,10,15-16,18,20-24H2,1-6H3,(H,46,51)/b2*11-9-/t25-,26+,28+,30+,32-,33-,42+;25-,26-,28-,30-,32+,33+,42-/m01/s1. The third-order valence-electron chi connectivity index (χ3n) is 25.3. The summed E-state index contributed by atoms with van der Waals surface area (Å²) < 4.78 is 145. The molecule has 6 heterocycles. The molecule has 4 amide bonds. The van der Waals surface area contributed by atoms with Crippen LogP contribution in [0.2, 0.25) is 0 Å². The van der Waals surface area contributed by atoms with E-state index in [4.69, 9.17) is 28.4 Å². The minimum atomic E-state index is -4.00. The summed E-state index contributed by atoms with van der Waals surface area (Å²) in [6, 6.07) is 12.2. The maximum absolute atomic E-state index is 15.0. The van der Waals surface area contributed by atoms with Crippen molar-refractivity contribution in [3.05, 3.63) is 85.2 Å². The van der Waals surface area contributed by atoms with Gasteiger partial charge in [0.2, 0.25) is 55.4 Å². The van der Waals surface area contributed by atoms with Crippen molar-refractivity contribution in [2.24, 2.45) is 58.2 Å². The molecule has 2 aromatic carbocycles. The number of halogens is 4. The molecule has 2 N–H and O–H groups in total. The van der Waals surface area contributed by atoms with Gasteiger partial charge in [-0.2, -0.15) is 0 Å². The van der Waals surface area contributed by atoms with Gasteiger partial charge in [0.15, 0.2) is 22.8 Å². The molecule has 0 bridgehead atoms. The first-order chi connectivity index (χ1) is 53.6. The third-order valence-corrected chi connectivity index (χ3v) is 29.6. The van der Waals surface area contributed by atoms with Gasteiger partial charge in [-0.05, 0) is 213 Å². The van der Waals surface area contributed by atoms with Gasteiger partial charge in [0.1, 0.15) is 23.7 Å². The number of fused-ring (bicyclic) bond motifs is 6. The molecule has 12 rings (SSSR count). The maximum Gasteiger partial charge on any atom is 0.307 e. The van der Waals surface area contributed by atoms with Crippen molar-refractivity contribution >= 4 is 88.7 Å². The molecule has 114 heavy (non-hydrogen) atoms. The van der Waals surface area contributed by atoms with Crippen LogP contribution in [0.3, 0.4) is 0 Å². The largest absolute Gasteiger partial charge is 0.497 e. The van der Waals surface area contributed by atoms with Crippen molar-refractivity contribution in [3.63, 3.8) is 0 Å². The number of Topliss-reactive ketones (excluding diaryl/α,β-unsaturated/α-hetero) is 2. The number of hydrogen-bond donors (Lipinski definition) is 2. The first-order valence-electron chi connectivity index (χ1n) is 40.0. The lowest BCUT2D eigenvalue weighted by molar-refractivity contribution is -0.175. The van der Waals surface area contributed by atoms with Crippen molar-refractivity contribution in [2.75, 3.05) is 27.3 Å². The van der Waals surface area contributed by atoms with Gasteiger partial charge < -0.3 is 38.2 Å². The molecule has 624 valence electrons. The molecule has 6 fully saturated rings. The van der Waals surface area contributed by atoms with E-state index in [0.29, 0.717) is 86.5 Å². The Labute approximate surface area is 665 Å². The van der Waals surface area contributed by atoms with Gasteiger partial charge in [-0.25, -0.2) is 44.4 Å². The Morgan fingerprint density at radius 3 is 1.27 bits per heavy atom. The summed E-state index contributed by atoms with van der Waals surface area (Å²) in [5, 5.41) is 2.94. The van der Waals surface area contributed by atoms with Gasteiger partial charge in [0, 0.05) is 48.8 Å². The lowest BCUT2D eigenvalue weighted by Gasteiger charge is -2.34. The van der Waals surface area contributed by atoms with E-state index < -0.39 is 161 Å². The molecule has 0 radical (unpaired) electrons. The first-order valence-corrected chi connectivity index (χ1v) is 42.9. The van der Waals surface area contributed by atoms with Crippen molar-refractivity contribution in [1.82, 2.24) is 29.2 Å². The third kappa shape index (κ3) is 19.0. The fraction of sp³-hybridized carbons (Fsp3) is 0.643. The molecule has 2 aromatic heterocycles. The highest BCUT2D eigenvalue weighted by molar-refractivity contribution is 7.92. The topological polar surface area (TPSA) is 317 Å². The van der Waals surface area contributed by atoms with Gasteiger partial charge in [0.25, 0.3) is 12.9 Å². The zero-order valence-electron chi connectivity index (χ0n) is 67.2. The second-order valence-corrected chi connectivity index (χ2v) is 39.2. The number of benzene rings is 2. The molecule has 0 spiro atoms. The number of methoxy groups -OCH3 is 2. The van der Waals surface area contributed by atoms with Crippen LogP contribution in [-0.2, 0) is 67.9 Å². The average Bonchev–Trinajstić information content (AvgIpc) is 1.57. The van der Waals surface area contributed by atoms with Gasteiger partial charge in [-0.3, -0.25) is 47.8 Å². The van der Waals surface area contributed by atoms with Crippen LogP contribution >= 0.6 is 0 Å². The van der Waals surface area contributed by atoms with E-state index in [1.54, 1.807) is 76.9 Å². The lowest BCUT2D eigenvalue weighted by atomic mass is 9.79. The van der Waals surface area contributed by atoms with Gasteiger partial charge in [-0.15, -0.1) is 0 Å². The van der Waals surface area contributed by atoms with Crippen LogP contribution in [0.5, 0.6) is 23.3 Å². The summed E-state index contributed by atoms with van der Waals surface area (Å²) in [4.78, 5) is 126. The highest BCUT2D eigenvalue weighted by atomic mass is 32.2. The molecule has 4 saturated carbocycles. The predicted molar refractivity (Wildman–Crippen MR) is 416 cm³/mol. The van der Waals surface area contributed by atoms with Crippen LogP contribution in [0.1, 0.15) is 198 Å². The van der Waals surface area contributed by atoms with Gasteiger partial charge >= 0.3 is 11.9 Å². The Bertz CT molecular complexity index is 4320. The van der Waals surface area contributed by atoms with Crippen molar-refractivity contribution in [2.45, 2.75) is 255 Å². The molecule has 4 aliphatic heterocycles. The number of carbonyl (C=O) groups is 8. The van der Waals surface area contributed by atoms with Crippen LogP contribution in [-0.4, -0.2) is 169 Å². The van der Waals surface area contributed by atoms with E-state index in [1.165, 1.54) is 9.80 Å². The number of rotatable bonds is 22. The summed E-state index contributed by atoms with van der Waals surface area (Å²) in [5.74, 6) is -6.75. The summed E-state index contributed by atoms with van der Waals surface area (Å²) in [6.07, 6.45) is 9.03. The molecule has 8 aliphatic rings. The van der Waals surface area contributed by atoms with Crippen LogP contribution in [0.4, 0.5) is 17.6 Å². The number of ketones is 2. The number of allylic oxidation sites excluding steroid dienone is 4. The number of aromatic nitrogens is 2. The molecule has 24 nitrogen and oxygen atoms in total. The van der Waals surface area contributed by atoms with E-state index in [-0.39, 0.29) is 98.9 Å². The summed E-state index contributed by atoms with van der Waals surface area (Å²) in [5.41, 5.74) is -6.83. The van der Waals surface area contributed by atoms with E-state index in [2.05, 4.69) is 19.4 Å². The van der Waals surface area contributed by atoms with Crippen molar-refractivity contribution in [3.8, 4) is 23.3 Å². The summed E-state index contributed by atoms with van der Waals surface area (Å²) in [7, 11) is -4.88. The zero-order valence-corrected chi connectivity index (χ0v) is 68.8. The second kappa shape index (κ2) is 34.1. The normalized spacial score (nSPS) is 29.7. The minimum absolute atomic E-state index is 0.0378. The zero-order chi connectivity index (χ0) is 83.0. The Morgan fingerprint density at radius 2 is 0.939 bits per heavy atom. The maximum atomic E-state index is 15.0. The number of pyridine rings is 2. The van der Waals surface area contributed by atoms with E-state index in [9.17, 15) is 72.8 Å². The van der Waals surface area contributed by atoms with Crippen molar-refractivity contribution in [1.29, 1.82) is 0 Å². The van der Waals surface area contributed by atoms with E-state index >= 15 is 0 Å². The monoisotopic (exact) mass is 1630 g/mol.